The van der Waals surface area contributed by atoms with Crippen molar-refractivity contribution in [1.82, 2.24) is 0 Å². The summed E-state index contributed by atoms with van der Waals surface area (Å²) < 4.78 is 27.3. The minimum absolute atomic E-state index is 0.0789. The van der Waals surface area contributed by atoms with Crippen LogP contribution in [-0.2, 0) is 19.4 Å². The summed E-state index contributed by atoms with van der Waals surface area (Å²) in [6.07, 6.45) is 0. The maximum Gasteiger partial charge on any atom is 0.332 e. The van der Waals surface area contributed by atoms with Crippen molar-refractivity contribution in [2.24, 2.45) is 0 Å². The van der Waals surface area contributed by atoms with E-state index >= 15 is 0 Å². The molecule has 2 N–H and O–H groups in total. The molecule has 0 heterocycles. The van der Waals surface area contributed by atoms with Crippen LogP contribution in [0.2, 0.25) is 0 Å². The monoisotopic (exact) mass is 280 g/mol. The summed E-state index contributed by atoms with van der Waals surface area (Å²) in [6.45, 7) is 0. The zero-order valence-electron chi connectivity index (χ0n) is 9.80. The number of aliphatic hydroxyl groups is 1. The molecular weight excluding hydrogens is 268 g/mol. The Balaban J connectivity index is 2.72. The molecule has 0 bridgehead atoms. The Morgan fingerprint density at radius 1 is 0.842 bits per heavy atom. The summed E-state index contributed by atoms with van der Waals surface area (Å²) in [4.78, 5) is -2.47. The molecule has 0 atom stereocenters. The molecule has 0 amide bonds. The zero-order chi connectivity index (χ0) is 13.9. The first-order chi connectivity index (χ1) is 9.02. The first kappa shape index (κ1) is 13.7. The summed E-state index contributed by atoms with van der Waals surface area (Å²) in [5, 5.41) is 19.2. The summed E-state index contributed by atoms with van der Waals surface area (Å²) in [7, 11) is -4.65. The van der Waals surface area contributed by atoms with Crippen molar-refractivity contribution in [3.05, 3.63) is 71.8 Å². The molecule has 0 radical (unpaired) electrons. The Morgan fingerprint density at radius 3 is 1.53 bits per heavy atom. The molecule has 0 saturated heterocycles. The van der Waals surface area contributed by atoms with Gasteiger partial charge in [-0.2, -0.15) is 8.42 Å². The normalized spacial score (nSPS) is 12.3. The van der Waals surface area contributed by atoms with Gasteiger partial charge in [0.25, 0.3) is 0 Å². The smallest absolute Gasteiger partial charge is 0.332 e. The third-order valence-corrected chi connectivity index (χ3v) is 4.18. The highest BCUT2D eigenvalue weighted by Crippen LogP contribution is 2.35. The molecule has 2 aromatic rings. The van der Waals surface area contributed by atoms with Gasteiger partial charge in [-0.3, -0.25) is 0 Å². The van der Waals surface area contributed by atoms with Crippen molar-refractivity contribution in [1.29, 1.82) is 0 Å². The van der Waals surface area contributed by atoms with Gasteiger partial charge in [-0.25, -0.2) is 5.26 Å². The molecule has 100 valence electrons. The lowest BCUT2D eigenvalue weighted by molar-refractivity contribution is -0.138. The van der Waals surface area contributed by atoms with Crippen LogP contribution in [0.25, 0.3) is 0 Å². The van der Waals surface area contributed by atoms with Crippen LogP contribution < -0.4 is 0 Å². The Hall–Kier alpha value is -1.73. The summed E-state index contributed by atoms with van der Waals surface area (Å²) >= 11 is 0. The minimum atomic E-state index is -4.65. The second-order valence-corrected chi connectivity index (χ2v) is 5.55. The first-order valence-electron chi connectivity index (χ1n) is 5.43. The predicted molar refractivity (Wildman–Crippen MR) is 68.5 cm³/mol. The summed E-state index contributed by atoms with van der Waals surface area (Å²) in [5.74, 6) is 0. The van der Waals surface area contributed by atoms with Gasteiger partial charge < -0.3 is 5.11 Å². The maximum atomic E-state index is 11.9. The summed E-state index contributed by atoms with van der Waals surface area (Å²) in [6, 6.07) is 15.4. The molecule has 0 unspecified atom stereocenters. The van der Waals surface area contributed by atoms with E-state index in [9.17, 15) is 13.5 Å². The van der Waals surface area contributed by atoms with Crippen LogP contribution in [0.1, 0.15) is 11.1 Å². The third-order valence-electron chi connectivity index (χ3n) is 2.79. The van der Waals surface area contributed by atoms with Crippen LogP contribution in [0.15, 0.2) is 60.7 Å². The van der Waals surface area contributed by atoms with E-state index in [0.29, 0.717) is 0 Å². The molecule has 6 heteroatoms. The second-order valence-electron chi connectivity index (χ2n) is 3.90. The molecule has 2 aromatic carbocycles. The Kier molecular flexibility index (Phi) is 3.68. The topological polar surface area (TPSA) is 83.8 Å². The zero-order valence-corrected chi connectivity index (χ0v) is 10.6. The lowest BCUT2D eigenvalue weighted by atomic mass is 10.0. The number of rotatable bonds is 4. The van der Waals surface area contributed by atoms with Gasteiger partial charge in [0, 0.05) is 11.1 Å². The van der Waals surface area contributed by atoms with Gasteiger partial charge in [0.05, 0.1) is 0 Å². The molecule has 0 aliphatic heterocycles. The van der Waals surface area contributed by atoms with Gasteiger partial charge in [0.1, 0.15) is 0 Å². The van der Waals surface area contributed by atoms with Gasteiger partial charge in [0.2, 0.25) is 4.93 Å². The quantitative estimate of drug-likeness (QED) is 0.658. The fourth-order valence-electron chi connectivity index (χ4n) is 1.84. The Bertz CT molecular complexity index is 598. The number of hydrogen-bond donors (Lipinski definition) is 2. The fraction of sp³-hybridized carbons (Fsp3) is 0.0769. The fourth-order valence-corrected chi connectivity index (χ4v) is 2.79. The molecular formula is C13H12O5S. The number of benzene rings is 2. The average molecular weight is 280 g/mol. The lowest BCUT2D eigenvalue weighted by Crippen LogP contribution is -2.37. The van der Waals surface area contributed by atoms with Gasteiger partial charge in [-0.15, -0.1) is 4.33 Å². The van der Waals surface area contributed by atoms with E-state index in [2.05, 4.69) is 4.33 Å². The predicted octanol–water partition coefficient (Wildman–Crippen LogP) is 1.70. The molecule has 0 aromatic heterocycles. The third kappa shape index (κ3) is 2.26. The number of hydrogen-bond acceptors (Lipinski definition) is 5. The second kappa shape index (κ2) is 5.10. The molecule has 0 aliphatic rings. The van der Waals surface area contributed by atoms with Crippen molar-refractivity contribution >= 4 is 10.1 Å². The van der Waals surface area contributed by atoms with Crippen LogP contribution in [0.4, 0.5) is 0 Å². The van der Waals surface area contributed by atoms with E-state index < -0.39 is 15.1 Å². The van der Waals surface area contributed by atoms with E-state index in [1.54, 1.807) is 36.4 Å². The van der Waals surface area contributed by atoms with E-state index in [1.165, 1.54) is 24.3 Å². The van der Waals surface area contributed by atoms with Gasteiger partial charge >= 0.3 is 10.1 Å². The minimum Gasteiger partial charge on any atom is -0.365 e. The van der Waals surface area contributed by atoms with Crippen LogP contribution in [-0.4, -0.2) is 18.8 Å². The van der Waals surface area contributed by atoms with Crippen molar-refractivity contribution < 1.29 is 23.1 Å². The largest absolute Gasteiger partial charge is 0.365 e. The summed E-state index contributed by atoms with van der Waals surface area (Å²) in [5.41, 5.74) is 0.158. The van der Waals surface area contributed by atoms with Crippen LogP contribution in [0.5, 0.6) is 0 Å². The van der Waals surface area contributed by atoms with Crippen molar-refractivity contribution in [2.75, 3.05) is 0 Å². The van der Waals surface area contributed by atoms with Gasteiger partial charge in [-0.05, 0) is 0 Å². The van der Waals surface area contributed by atoms with Crippen molar-refractivity contribution in [3.63, 3.8) is 0 Å². The van der Waals surface area contributed by atoms with Crippen molar-refractivity contribution in [3.8, 4) is 0 Å². The van der Waals surface area contributed by atoms with Gasteiger partial charge in [-0.1, -0.05) is 60.7 Å². The SMILES string of the molecule is O=S(=O)(OO)C(O)(c1ccccc1)c1ccccc1. The molecule has 0 spiro atoms. The average Bonchev–Trinajstić information content (AvgIpc) is 2.48. The molecule has 0 aliphatic carbocycles. The highest BCUT2D eigenvalue weighted by molar-refractivity contribution is 7.87. The Labute approximate surface area is 110 Å². The molecule has 5 nitrogen and oxygen atoms in total. The lowest BCUT2D eigenvalue weighted by Gasteiger charge is -2.26. The van der Waals surface area contributed by atoms with Crippen LogP contribution in [0.3, 0.4) is 0 Å². The van der Waals surface area contributed by atoms with Crippen molar-refractivity contribution in [2.45, 2.75) is 4.93 Å². The standard InChI is InChI=1S/C13H12O5S/c14-13(19(16,17)18-15,11-7-3-1-4-8-11)12-9-5-2-6-10-12/h1-10,14-15H. The molecule has 0 fully saturated rings. The molecule has 0 saturated carbocycles. The van der Waals surface area contributed by atoms with Crippen LogP contribution in [0, 0.1) is 0 Å². The Morgan fingerprint density at radius 2 is 1.21 bits per heavy atom. The molecule has 2 rings (SSSR count). The van der Waals surface area contributed by atoms with Crippen LogP contribution >= 0.6 is 0 Å². The maximum absolute atomic E-state index is 11.9. The van der Waals surface area contributed by atoms with E-state index in [-0.39, 0.29) is 11.1 Å². The first-order valence-corrected chi connectivity index (χ1v) is 6.84. The highest BCUT2D eigenvalue weighted by Gasteiger charge is 2.47. The van der Waals surface area contributed by atoms with E-state index in [0.717, 1.165) is 0 Å². The highest BCUT2D eigenvalue weighted by atomic mass is 32.2. The van der Waals surface area contributed by atoms with E-state index in [1.807, 2.05) is 0 Å². The van der Waals surface area contributed by atoms with Gasteiger partial charge in [0.15, 0.2) is 0 Å². The molecule has 19 heavy (non-hydrogen) atoms. The van der Waals surface area contributed by atoms with E-state index in [4.69, 9.17) is 5.26 Å².